The van der Waals surface area contributed by atoms with E-state index in [2.05, 4.69) is 4.98 Å². The highest BCUT2D eigenvalue weighted by molar-refractivity contribution is 6.31. The van der Waals surface area contributed by atoms with Crippen LogP contribution in [0.15, 0.2) is 36.7 Å². The van der Waals surface area contributed by atoms with Crippen LogP contribution in [-0.2, 0) is 12.4 Å². The molecule has 0 bridgehead atoms. The summed E-state index contributed by atoms with van der Waals surface area (Å²) in [5, 5.41) is 0.770. The second-order valence-corrected chi connectivity index (χ2v) is 3.87. The van der Waals surface area contributed by atoms with Crippen molar-refractivity contribution in [1.82, 2.24) is 9.55 Å². The summed E-state index contributed by atoms with van der Waals surface area (Å²) in [6.45, 7) is 0.710. The van der Waals surface area contributed by atoms with Gasteiger partial charge in [-0.25, -0.2) is 4.98 Å². The zero-order valence-electron chi connectivity index (χ0n) is 8.03. The standard InChI is InChI=1S/C11H10Cl2N2/c12-7-11-14-5-6-15(11)8-9-3-1-2-4-10(9)13/h1-6H,7-8H2. The number of imidazole rings is 1. The molecule has 0 saturated carbocycles. The second kappa shape index (κ2) is 4.69. The summed E-state index contributed by atoms with van der Waals surface area (Å²) >= 11 is 11.8. The van der Waals surface area contributed by atoms with E-state index in [9.17, 15) is 0 Å². The number of hydrogen-bond donors (Lipinski definition) is 0. The van der Waals surface area contributed by atoms with E-state index >= 15 is 0 Å². The second-order valence-electron chi connectivity index (χ2n) is 3.20. The minimum atomic E-state index is 0.414. The van der Waals surface area contributed by atoms with E-state index in [1.165, 1.54) is 0 Å². The number of hydrogen-bond acceptors (Lipinski definition) is 1. The molecule has 2 aromatic rings. The molecule has 0 saturated heterocycles. The molecule has 15 heavy (non-hydrogen) atoms. The van der Waals surface area contributed by atoms with Gasteiger partial charge < -0.3 is 4.57 Å². The van der Waals surface area contributed by atoms with Gasteiger partial charge in [-0.1, -0.05) is 29.8 Å². The van der Waals surface area contributed by atoms with Crippen LogP contribution in [0.25, 0.3) is 0 Å². The quantitative estimate of drug-likeness (QED) is 0.753. The van der Waals surface area contributed by atoms with Crippen LogP contribution in [0.5, 0.6) is 0 Å². The Labute approximate surface area is 98.5 Å². The Kier molecular flexibility index (Phi) is 3.29. The molecule has 1 aromatic heterocycles. The van der Waals surface area contributed by atoms with E-state index < -0.39 is 0 Å². The van der Waals surface area contributed by atoms with Crippen LogP contribution in [0, 0.1) is 0 Å². The van der Waals surface area contributed by atoms with E-state index in [4.69, 9.17) is 23.2 Å². The smallest absolute Gasteiger partial charge is 0.123 e. The molecule has 2 nitrogen and oxygen atoms in total. The first-order valence-corrected chi connectivity index (χ1v) is 5.52. The fourth-order valence-electron chi connectivity index (χ4n) is 1.43. The van der Waals surface area contributed by atoms with Gasteiger partial charge in [0.15, 0.2) is 0 Å². The molecule has 0 fully saturated rings. The van der Waals surface area contributed by atoms with Gasteiger partial charge in [-0.2, -0.15) is 0 Å². The normalized spacial score (nSPS) is 10.5. The molecule has 2 rings (SSSR count). The Morgan fingerprint density at radius 1 is 1.27 bits per heavy atom. The third-order valence-corrected chi connectivity index (χ3v) is 2.83. The van der Waals surface area contributed by atoms with E-state index in [1.807, 2.05) is 35.0 Å². The molecule has 1 aromatic carbocycles. The van der Waals surface area contributed by atoms with Crippen molar-refractivity contribution in [3.63, 3.8) is 0 Å². The number of alkyl halides is 1. The molecule has 78 valence electrons. The third kappa shape index (κ3) is 2.33. The van der Waals surface area contributed by atoms with Crippen molar-refractivity contribution in [2.45, 2.75) is 12.4 Å². The maximum atomic E-state index is 6.07. The van der Waals surface area contributed by atoms with Crippen molar-refractivity contribution in [3.05, 3.63) is 53.1 Å². The maximum Gasteiger partial charge on any atom is 0.123 e. The van der Waals surface area contributed by atoms with E-state index in [0.717, 1.165) is 16.4 Å². The van der Waals surface area contributed by atoms with Crippen molar-refractivity contribution >= 4 is 23.2 Å². The molecule has 4 heteroatoms. The largest absolute Gasteiger partial charge is 0.329 e. The molecule has 0 aliphatic carbocycles. The van der Waals surface area contributed by atoms with Crippen LogP contribution in [0.1, 0.15) is 11.4 Å². The average molecular weight is 241 g/mol. The van der Waals surface area contributed by atoms with Gasteiger partial charge in [0.2, 0.25) is 0 Å². The van der Waals surface area contributed by atoms with Crippen molar-refractivity contribution in [3.8, 4) is 0 Å². The molecule has 0 N–H and O–H groups in total. The van der Waals surface area contributed by atoms with Crippen LogP contribution in [0.2, 0.25) is 5.02 Å². The summed E-state index contributed by atoms with van der Waals surface area (Å²) in [6, 6.07) is 7.77. The van der Waals surface area contributed by atoms with E-state index in [0.29, 0.717) is 12.4 Å². The Morgan fingerprint density at radius 3 is 2.80 bits per heavy atom. The number of halogens is 2. The summed E-state index contributed by atoms with van der Waals surface area (Å²) in [5.74, 6) is 1.27. The molecule has 0 unspecified atom stereocenters. The summed E-state index contributed by atoms with van der Waals surface area (Å²) in [5.41, 5.74) is 1.07. The lowest BCUT2D eigenvalue weighted by molar-refractivity contribution is 0.755. The zero-order valence-corrected chi connectivity index (χ0v) is 9.54. The molecule has 0 amide bonds. The summed E-state index contributed by atoms with van der Waals surface area (Å²) in [6.07, 6.45) is 3.65. The Balaban J connectivity index is 2.26. The zero-order chi connectivity index (χ0) is 10.7. The molecule has 0 spiro atoms. The predicted molar refractivity (Wildman–Crippen MR) is 62.3 cm³/mol. The average Bonchev–Trinajstić information content (AvgIpc) is 2.69. The van der Waals surface area contributed by atoms with Gasteiger partial charge in [0.1, 0.15) is 5.82 Å². The monoisotopic (exact) mass is 240 g/mol. The molecule has 0 atom stereocenters. The minimum Gasteiger partial charge on any atom is -0.329 e. The van der Waals surface area contributed by atoms with Crippen molar-refractivity contribution in [2.24, 2.45) is 0 Å². The molecular weight excluding hydrogens is 231 g/mol. The van der Waals surface area contributed by atoms with E-state index in [-0.39, 0.29) is 0 Å². The first-order chi connectivity index (χ1) is 7.31. The highest BCUT2D eigenvalue weighted by atomic mass is 35.5. The first-order valence-electron chi connectivity index (χ1n) is 4.60. The fourth-order valence-corrected chi connectivity index (χ4v) is 1.84. The van der Waals surface area contributed by atoms with Gasteiger partial charge in [0.25, 0.3) is 0 Å². The lowest BCUT2D eigenvalue weighted by atomic mass is 10.2. The van der Waals surface area contributed by atoms with Crippen molar-refractivity contribution in [1.29, 1.82) is 0 Å². The number of nitrogens with zero attached hydrogens (tertiary/aromatic N) is 2. The lowest BCUT2D eigenvalue weighted by Crippen LogP contribution is -2.03. The maximum absolute atomic E-state index is 6.07. The van der Waals surface area contributed by atoms with Crippen LogP contribution in [-0.4, -0.2) is 9.55 Å². The summed E-state index contributed by atoms with van der Waals surface area (Å²) in [4.78, 5) is 4.15. The van der Waals surface area contributed by atoms with Crippen molar-refractivity contribution < 1.29 is 0 Å². The van der Waals surface area contributed by atoms with Gasteiger partial charge in [-0.15, -0.1) is 11.6 Å². The SMILES string of the molecule is ClCc1nccn1Cc1ccccc1Cl. The lowest BCUT2D eigenvalue weighted by Gasteiger charge is -2.07. The number of rotatable bonds is 3. The fraction of sp³-hybridized carbons (Fsp3) is 0.182. The highest BCUT2D eigenvalue weighted by Gasteiger charge is 2.04. The molecule has 0 aliphatic rings. The van der Waals surface area contributed by atoms with Gasteiger partial charge in [-0.05, 0) is 11.6 Å². The Bertz CT molecular complexity index is 451. The first kappa shape index (κ1) is 10.5. The number of benzene rings is 1. The molecule has 0 radical (unpaired) electrons. The Hall–Kier alpha value is -0.990. The van der Waals surface area contributed by atoms with Crippen LogP contribution < -0.4 is 0 Å². The van der Waals surface area contributed by atoms with Gasteiger partial charge in [-0.3, -0.25) is 0 Å². The van der Waals surface area contributed by atoms with Gasteiger partial charge >= 0.3 is 0 Å². The third-order valence-electron chi connectivity index (χ3n) is 2.22. The van der Waals surface area contributed by atoms with Gasteiger partial charge in [0, 0.05) is 17.4 Å². The van der Waals surface area contributed by atoms with Crippen molar-refractivity contribution in [2.75, 3.05) is 0 Å². The van der Waals surface area contributed by atoms with Crippen LogP contribution in [0.4, 0.5) is 0 Å². The van der Waals surface area contributed by atoms with Crippen LogP contribution in [0.3, 0.4) is 0 Å². The molecule has 0 aliphatic heterocycles. The summed E-state index contributed by atoms with van der Waals surface area (Å²) < 4.78 is 1.99. The molecule has 1 heterocycles. The summed E-state index contributed by atoms with van der Waals surface area (Å²) in [7, 11) is 0. The minimum absolute atomic E-state index is 0.414. The number of aromatic nitrogens is 2. The molecular formula is C11H10Cl2N2. The Morgan fingerprint density at radius 2 is 2.07 bits per heavy atom. The van der Waals surface area contributed by atoms with Gasteiger partial charge in [0.05, 0.1) is 12.4 Å². The van der Waals surface area contributed by atoms with E-state index in [1.54, 1.807) is 6.20 Å². The highest BCUT2D eigenvalue weighted by Crippen LogP contribution is 2.17. The predicted octanol–water partition coefficient (Wildman–Crippen LogP) is 3.32. The van der Waals surface area contributed by atoms with Crippen LogP contribution >= 0.6 is 23.2 Å². The topological polar surface area (TPSA) is 17.8 Å².